The maximum Gasteiger partial charge on any atom is 0.201 e. The molecular formula is C26H27ClN4. The predicted octanol–water partition coefficient (Wildman–Crippen LogP) is 7.33. The summed E-state index contributed by atoms with van der Waals surface area (Å²) >= 11 is 5.99. The number of nitrogens with zero attached hydrogens (tertiary/aromatic N) is 2. The Kier molecular flexibility index (Phi) is 5.65. The third kappa shape index (κ3) is 4.45. The second-order valence-electron chi connectivity index (χ2n) is 8.59. The molecule has 0 saturated heterocycles. The Morgan fingerprint density at radius 2 is 1.68 bits per heavy atom. The number of pyridine rings is 1. The number of benzene rings is 2. The van der Waals surface area contributed by atoms with E-state index < -0.39 is 0 Å². The average Bonchev–Trinajstić information content (AvgIpc) is 3.22. The Labute approximate surface area is 188 Å². The van der Waals surface area contributed by atoms with Crippen LogP contribution in [0.15, 0.2) is 60.8 Å². The van der Waals surface area contributed by atoms with Crippen LogP contribution in [0.25, 0.3) is 33.4 Å². The SMILES string of the molecule is C[C@@H](Nc1nc2cc(-c3ccc(-c4ccc(Cl)cc4)cn3)ccc2[nH]1)C1CCCCC1. The van der Waals surface area contributed by atoms with Gasteiger partial charge in [-0.05, 0) is 61.6 Å². The van der Waals surface area contributed by atoms with Crippen molar-refractivity contribution in [3.8, 4) is 22.4 Å². The van der Waals surface area contributed by atoms with Gasteiger partial charge in [0, 0.05) is 28.4 Å². The van der Waals surface area contributed by atoms with Crippen LogP contribution in [0.3, 0.4) is 0 Å². The lowest BCUT2D eigenvalue weighted by Crippen LogP contribution is -2.28. The monoisotopic (exact) mass is 430 g/mol. The van der Waals surface area contributed by atoms with Crippen molar-refractivity contribution >= 4 is 28.6 Å². The Bertz CT molecular complexity index is 1160. The maximum atomic E-state index is 5.99. The summed E-state index contributed by atoms with van der Waals surface area (Å²) in [6, 6.07) is 18.7. The molecule has 1 atom stereocenters. The first-order valence-corrected chi connectivity index (χ1v) is 11.5. The summed E-state index contributed by atoms with van der Waals surface area (Å²) in [5, 5.41) is 4.34. The van der Waals surface area contributed by atoms with E-state index in [9.17, 15) is 0 Å². The number of aromatic amines is 1. The molecule has 4 aromatic rings. The fourth-order valence-electron chi connectivity index (χ4n) is 4.58. The number of halogens is 1. The number of anilines is 1. The van der Waals surface area contributed by atoms with E-state index in [1.54, 1.807) is 0 Å². The van der Waals surface area contributed by atoms with E-state index in [-0.39, 0.29) is 0 Å². The summed E-state index contributed by atoms with van der Waals surface area (Å²) < 4.78 is 0. The Morgan fingerprint density at radius 3 is 2.42 bits per heavy atom. The van der Waals surface area contributed by atoms with Gasteiger partial charge in [-0.1, -0.05) is 55.1 Å². The summed E-state index contributed by atoms with van der Waals surface area (Å²) in [5.74, 6) is 1.59. The maximum absolute atomic E-state index is 5.99. The van der Waals surface area contributed by atoms with Crippen LogP contribution in [-0.4, -0.2) is 21.0 Å². The molecule has 0 spiro atoms. The zero-order chi connectivity index (χ0) is 21.2. The lowest BCUT2D eigenvalue weighted by atomic mass is 9.85. The van der Waals surface area contributed by atoms with Crippen molar-refractivity contribution in [2.75, 3.05) is 5.32 Å². The van der Waals surface area contributed by atoms with E-state index in [4.69, 9.17) is 16.6 Å². The van der Waals surface area contributed by atoms with Gasteiger partial charge in [0.15, 0.2) is 0 Å². The van der Waals surface area contributed by atoms with Crippen LogP contribution in [0, 0.1) is 5.92 Å². The van der Waals surface area contributed by atoms with E-state index in [0.717, 1.165) is 50.3 Å². The molecule has 2 aromatic heterocycles. The van der Waals surface area contributed by atoms with Gasteiger partial charge >= 0.3 is 0 Å². The van der Waals surface area contributed by atoms with Crippen molar-refractivity contribution in [2.45, 2.75) is 45.1 Å². The topological polar surface area (TPSA) is 53.6 Å². The molecule has 31 heavy (non-hydrogen) atoms. The summed E-state index contributed by atoms with van der Waals surface area (Å²) in [7, 11) is 0. The standard InChI is InChI=1S/C26H27ClN4/c1-17(18-5-3-2-4-6-18)29-26-30-24-14-9-20(15-25(24)31-26)23-13-10-21(16-28-23)19-7-11-22(27)12-8-19/h7-18H,2-6H2,1H3,(H2,29,30,31)/t17-/m1/s1. The summed E-state index contributed by atoms with van der Waals surface area (Å²) in [6.45, 7) is 2.28. The van der Waals surface area contributed by atoms with E-state index in [2.05, 4.69) is 52.5 Å². The lowest BCUT2D eigenvalue weighted by molar-refractivity contribution is 0.328. The largest absolute Gasteiger partial charge is 0.353 e. The first-order valence-electron chi connectivity index (χ1n) is 11.1. The van der Waals surface area contributed by atoms with Crippen LogP contribution < -0.4 is 5.32 Å². The molecule has 158 valence electrons. The molecule has 0 aliphatic heterocycles. The number of aromatic nitrogens is 3. The highest BCUT2D eigenvalue weighted by molar-refractivity contribution is 6.30. The van der Waals surface area contributed by atoms with Crippen LogP contribution in [0.5, 0.6) is 0 Å². The molecule has 2 heterocycles. The highest BCUT2D eigenvalue weighted by Gasteiger charge is 2.20. The number of imidazole rings is 1. The van der Waals surface area contributed by atoms with Gasteiger partial charge in [-0.2, -0.15) is 0 Å². The minimum absolute atomic E-state index is 0.433. The molecule has 5 heteroatoms. The summed E-state index contributed by atoms with van der Waals surface area (Å²) in [4.78, 5) is 12.9. The van der Waals surface area contributed by atoms with Gasteiger partial charge in [-0.25, -0.2) is 4.98 Å². The second-order valence-corrected chi connectivity index (χ2v) is 9.02. The van der Waals surface area contributed by atoms with Crippen molar-refractivity contribution in [1.29, 1.82) is 0 Å². The van der Waals surface area contributed by atoms with Crippen molar-refractivity contribution < 1.29 is 0 Å². The van der Waals surface area contributed by atoms with Crippen molar-refractivity contribution in [2.24, 2.45) is 5.92 Å². The van der Waals surface area contributed by atoms with Crippen LogP contribution >= 0.6 is 11.6 Å². The van der Waals surface area contributed by atoms with Crippen LogP contribution in [0.4, 0.5) is 5.95 Å². The van der Waals surface area contributed by atoms with Crippen LogP contribution in [-0.2, 0) is 0 Å². The highest BCUT2D eigenvalue weighted by Crippen LogP contribution is 2.29. The lowest BCUT2D eigenvalue weighted by Gasteiger charge is -2.28. The van der Waals surface area contributed by atoms with E-state index >= 15 is 0 Å². The van der Waals surface area contributed by atoms with Crippen LogP contribution in [0.2, 0.25) is 5.02 Å². The molecule has 0 radical (unpaired) electrons. The minimum atomic E-state index is 0.433. The quantitative estimate of drug-likeness (QED) is 0.348. The molecule has 1 saturated carbocycles. The van der Waals surface area contributed by atoms with Crippen molar-refractivity contribution in [3.63, 3.8) is 0 Å². The first-order chi connectivity index (χ1) is 15.2. The van der Waals surface area contributed by atoms with Crippen LogP contribution in [0.1, 0.15) is 39.0 Å². The zero-order valence-corrected chi connectivity index (χ0v) is 18.5. The number of hydrogen-bond acceptors (Lipinski definition) is 3. The Morgan fingerprint density at radius 1 is 0.935 bits per heavy atom. The number of hydrogen-bond donors (Lipinski definition) is 2. The normalized spacial score (nSPS) is 15.8. The van der Waals surface area contributed by atoms with E-state index in [1.165, 1.54) is 32.1 Å². The molecule has 4 nitrogen and oxygen atoms in total. The Balaban J connectivity index is 1.34. The van der Waals surface area contributed by atoms with Gasteiger partial charge in [0.1, 0.15) is 0 Å². The third-order valence-electron chi connectivity index (χ3n) is 6.44. The minimum Gasteiger partial charge on any atom is -0.353 e. The van der Waals surface area contributed by atoms with E-state index in [1.807, 2.05) is 30.5 Å². The zero-order valence-electron chi connectivity index (χ0n) is 17.7. The average molecular weight is 431 g/mol. The summed E-state index contributed by atoms with van der Waals surface area (Å²) in [6.07, 6.45) is 8.62. The number of H-pyrrole nitrogens is 1. The highest BCUT2D eigenvalue weighted by atomic mass is 35.5. The molecule has 1 fully saturated rings. The first kappa shape index (κ1) is 20.1. The fourth-order valence-corrected chi connectivity index (χ4v) is 4.70. The van der Waals surface area contributed by atoms with Gasteiger partial charge in [0.05, 0.1) is 16.7 Å². The number of fused-ring (bicyclic) bond motifs is 1. The van der Waals surface area contributed by atoms with E-state index in [0.29, 0.717) is 6.04 Å². The Hall–Kier alpha value is -2.85. The molecule has 0 amide bonds. The summed E-state index contributed by atoms with van der Waals surface area (Å²) in [5.41, 5.74) is 6.18. The molecule has 1 aliphatic carbocycles. The molecule has 0 bridgehead atoms. The fraction of sp³-hybridized carbons (Fsp3) is 0.308. The second kappa shape index (κ2) is 8.72. The molecule has 2 N–H and O–H groups in total. The molecule has 2 aromatic carbocycles. The predicted molar refractivity (Wildman–Crippen MR) is 129 cm³/mol. The van der Waals surface area contributed by atoms with Crippen molar-refractivity contribution in [1.82, 2.24) is 15.0 Å². The molecule has 0 unspecified atom stereocenters. The van der Waals surface area contributed by atoms with Gasteiger partial charge < -0.3 is 10.3 Å². The molecule has 5 rings (SSSR count). The number of nitrogens with one attached hydrogen (secondary N) is 2. The van der Waals surface area contributed by atoms with Gasteiger partial charge in [-0.3, -0.25) is 4.98 Å². The molecule has 1 aliphatic rings. The van der Waals surface area contributed by atoms with Crippen molar-refractivity contribution in [3.05, 3.63) is 65.8 Å². The molecular weight excluding hydrogens is 404 g/mol. The van der Waals surface area contributed by atoms with Gasteiger partial charge in [-0.15, -0.1) is 0 Å². The smallest absolute Gasteiger partial charge is 0.201 e. The van der Waals surface area contributed by atoms with Gasteiger partial charge in [0.2, 0.25) is 5.95 Å². The van der Waals surface area contributed by atoms with Gasteiger partial charge in [0.25, 0.3) is 0 Å². The third-order valence-corrected chi connectivity index (χ3v) is 6.69. The number of rotatable bonds is 5.